The zero-order valence-electron chi connectivity index (χ0n) is 14.4. The highest BCUT2D eigenvalue weighted by molar-refractivity contribution is 5.60. The van der Waals surface area contributed by atoms with Crippen molar-refractivity contribution >= 4 is 5.97 Å². The molecule has 0 saturated carbocycles. The van der Waals surface area contributed by atoms with Crippen LogP contribution >= 0.6 is 0 Å². The average molecular weight is 307 g/mol. The van der Waals surface area contributed by atoms with E-state index >= 15 is 0 Å². The van der Waals surface area contributed by atoms with Crippen LogP contribution in [0, 0.1) is 0 Å². The number of carbonyl (C=O) groups excluding carboxylic acids is 1. The number of carboxylic acid groups (broad SMARTS) is 1. The normalized spacial score (nSPS) is 10.9. The van der Waals surface area contributed by atoms with Crippen LogP contribution in [0.1, 0.15) is 27.7 Å². The van der Waals surface area contributed by atoms with E-state index in [0.717, 1.165) is 24.6 Å². The third-order valence-electron chi connectivity index (χ3n) is 3.53. The maximum Gasteiger partial charge on any atom is 0.102 e. The lowest BCUT2D eigenvalue weighted by atomic mass is 10.3. The summed E-state index contributed by atoms with van der Waals surface area (Å²) in [4.78, 5) is 8.89. The fraction of sp³-hybridized carbons (Fsp3) is 0.933. The lowest BCUT2D eigenvalue weighted by molar-refractivity contribution is -0.923. The number of nitrogens with zero attached hydrogens (tertiary/aromatic N) is 1. The molecule has 0 aromatic heterocycles. The largest absolute Gasteiger partial charge is 0.550 e. The van der Waals surface area contributed by atoms with E-state index in [4.69, 9.17) is 24.1 Å². The molecule has 0 aliphatic heterocycles. The minimum absolute atomic E-state index is 0.652. The highest BCUT2D eigenvalue weighted by atomic mass is 16.5. The van der Waals surface area contributed by atoms with Crippen LogP contribution in [0.25, 0.3) is 0 Å². The number of quaternary nitrogens is 1. The Kier molecular flexibility index (Phi) is 16.9. The standard InChI is InChI=1S/C13H30NO3.C2H4O2/c1-5-14(6-2,7-3)8-9-16-12-13-17-11-10-15-4;1-2(3)4/h5-13H2,1-4H3;1H3,(H,3,4)/q+1;/p-1. The van der Waals surface area contributed by atoms with Gasteiger partial charge in [0, 0.05) is 13.1 Å². The molecule has 0 N–H and O–H groups in total. The summed E-state index contributed by atoms with van der Waals surface area (Å²) in [6, 6.07) is 0. The summed E-state index contributed by atoms with van der Waals surface area (Å²) in [5.41, 5.74) is 0. The number of likely N-dealkylation sites (N-methyl/N-ethyl adjacent to an activating group) is 1. The van der Waals surface area contributed by atoms with E-state index in [0.29, 0.717) is 26.4 Å². The van der Waals surface area contributed by atoms with Crippen LogP contribution in [0.3, 0.4) is 0 Å². The molecule has 0 saturated heterocycles. The number of ether oxygens (including phenoxy) is 3. The van der Waals surface area contributed by atoms with Crippen molar-refractivity contribution in [3.05, 3.63) is 0 Å². The first kappa shape index (κ1) is 22.6. The molecule has 0 amide bonds. The number of aliphatic carboxylic acids is 1. The molecule has 0 fully saturated rings. The number of methoxy groups -OCH3 is 1. The first-order valence-electron chi connectivity index (χ1n) is 7.65. The Hall–Kier alpha value is -0.690. The summed E-state index contributed by atoms with van der Waals surface area (Å²) < 4.78 is 17.0. The Morgan fingerprint density at radius 2 is 1.29 bits per heavy atom. The Balaban J connectivity index is 0. The minimum atomic E-state index is -1.08. The van der Waals surface area contributed by atoms with Crippen LogP contribution in [0.2, 0.25) is 0 Å². The smallest absolute Gasteiger partial charge is 0.102 e. The van der Waals surface area contributed by atoms with Crippen molar-refractivity contribution in [2.45, 2.75) is 27.7 Å². The average Bonchev–Trinajstić information content (AvgIpc) is 2.46. The highest BCUT2D eigenvalue weighted by Crippen LogP contribution is 2.04. The van der Waals surface area contributed by atoms with Crippen molar-refractivity contribution in [3.63, 3.8) is 0 Å². The van der Waals surface area contributed by atoms with Gasteiger partial charge >= 0.3 is 0 Å². The van der Waals surface area contributed by atoms with Gasteiger partial charge in [-0.15, -0.1) is 0 Å². The van der Waals surface area contributed by atoms with Gasteiger partial charge in [-0.05, 0) is 27.7 Å². The van der Waals surface area contributed by atoms with Gasteiger partial charge in [0.2, 0.25) is 0 Å². The van der Waals surface area contributed by atoms with Gasteiger partial charge in [-0.1, -0.05) is 0 Å². The van der Waals surface area contributed by atoms with Crippen LogP contribution in [0.15, 0.2) is 0 Å². The maximum atomic E-state index is 8.89. The van der Waals surface area contributed by atoms with E-state index in [1.807, 2.05) is 0 Å². The summed E-state index contributed by atoms with van der Waals surface area (Å²) in [6.45, 7) is 15.8. The van der Waals surface area contributed by atoms with Gasteiger partial charge < -0.3 is 28.6 Å². The molecule has 0 radical (unpaired) electrons. The summed E-state index contributed by atoms with van der Waals surface area (Å²) in [6.07, 6.45) is 0. The minimum Gasteiger partial charge on any atom is -0.550 e. The van der Waals surface area contributed by atoms with E-state index in [9.17, 15) is 0 Å². The topological polar surface area (TPSA) is 67.8 Å². The second-order valence-corrected chi connectivity index (χ2v) is 4.72. The summed E-state index contributed by atoms with van der Waals surface area (Å²) >= 11 is 0. The van der Waals surface area contributed by atoms with Crippen molar-refractivity contribution in [1.29, 1.82) is 0 Å². The number of hydrogen-bond donors (Lipinski definition) is 0. The maximum absolute atomic E-state index is 8.89. The molecule has 0 rings (SSSR count). The summed E-state index contributed by atoms with van der Waals surface area (Å²) in [5.74, 6) is -1.08. The van der Waals surface area contributed by atoms with Crippen LogP contribution in [0.4, 0.5) is 0 Å². The summed E-state index contributed by atoms with van der Waals surface area (Å²) in [7, 11) is 1.68. The van der Waals surface area contributed by atoms with Crippen molar-refractivity contribution < 1.29 is 28.6 Å². The van der Waals surface area contributed by atoms with Crippen molar-refractivity contribution in [2.24, 2.45) is 0 Å². The predicted molar refractivity (Wildman–Crippen MR) is 80.9 cm³/mol. The zero-order chi connectivity index (χ0) is 16.6. The monoisotopic (exact) mass is 307 g/mol. The van der Waals surface area contributed by atoms with Gasteiger partial charge in [0.1, 0.15) is 6.54 Å². The Morgan fingerprint density at radius 1 is 0.905 bits per heavy atom. The summed E-state index contributed by atoms with van der Waals surface area (Å²) in [5, 5.41) is 8.89. The second kappa shape index (κ2) is 15.7. The Morgan fingerprint density at radius 3 is 1.67 bits per heavy atom. The molecule has 0 unspecified atom stereocenters. The van der Waals surface area contributed by atoms with Gasteiger partial charge in [0.15, 0.2) is 0 Å². The van der Waals surface area contributed by atoms with Crippen molar-refractivity contribution in [1.82, 2.24) is 0 Å². The third kappa shape index (κ3) is 15.5. The predicted octanol–water partition coefficient (Wildman–Crippen LogP) is 0.299. The number of rotatable bonds is 12. The van der Waals surface area contributed by atoms with E-state index in [2.05, 4.69) is 20.8 Å². The first-order valence-corrected chi connectivity index (χ1v) is 7.65. The van der Waals surface area contributed by atoms with Gasteiger partial charge in [0.25, 0.3) is 0 Å². The zero-order valence-corrected chi connectivity index (χ0v) is 14.4. The van der Waals surface area contributed by atoms with Gasteiger partial charge in [-0.25, -0.2) is 0 Å². The highest BCUT2D eigenvalue weighted by Gasteiger charge is 2.19. The lowest BCUT2D eigenvalue weighted by Crippen LogP contribution is -2.49. The van der Waals surface area contributed by atoms with E-state index in [-0.39, 0.29) is 0 Å². The molecule has 0 bridgehead atoms. The molecule has 128 valence electrons. The number of carboxylic acids is 1. The molecule has 0 aromatic rings. The number of hydrogen-bond acceptors (Lipinski definition) is 5. The number of carbonyl (C=O) groups is 1. The van der Waals surface area contributed by atoms with Crippen molar-refractivity contribution in [2.75, 3.05) is 66.3 Å². The van der Waals surface area contributed by atoms with Crippen molar-refractivity contribution in [3.8, 4) is 0 Å². The van der Waals surface area contributed by atoms with Crippen LogP contribution < -0.4 is 5.11 Å². The van der Waals surface area contributed by atoms with E-state index < -0.39 is 5.97 Å². The lowest BCUT2D eigenvalue weighted by Gasteiger charge is -2.35. The molecule has 6 heteroatoms. The van der Waals surface area contributed by atoms with E-state index in [1.54, 1.807) is 7.11 Å². The molecule has 0 aromatic carbocycles. The molecule has 21 heavy (non-hydrogen) atoms. The molecular weight excluding hydrogens is 274 g/mol. The third-order valence-corrected chi connectivity index (χ3v) is 3.53. The van der Waals surface area contributed by atoms with Crippen LogP contribution in [-0.4, -0.2) is 76.8 Å². The van der Waals surface area contributed by atoms with Crippen LogP contribution in [-0.2, 0) is 19.0 Å². The molecule has 6 nitrogen and oxygen atoms in total. The SMILES string of the molecule is CC(=O)[O-].CC[N+](CC)(CC)CCOCCOCCOC. The second-order valence-electron chi connectivity index (χ2n) is 4.72. The quantitative estimate of drug-likeness (QED) is 0.383. The van der Waals surface area contributed by atoms with Gasteiger partial charge in [-0.2, -0.15) is 0 Å². The fourth-order valence-electron chi connectivity index (χ4n) is 1.87. The molecule has 0 atom stereocenters. The molecule has 0 spiro atoms. The van der Waals surface area contributed by atoms with Gasteiger partial charge in [-0.3, -0.25) is 0 Å². The van der Waals surface area contributed by atoms with E-state index in [1.165, 1.54) is 19.6 Å². The molecule has 0 aliphatic carbocycles. The van der Waals surface area contributed by atoms with Gasteiger partial charge in [0.05, 0.1) is 52.7 Å². The van der Waals surface area contributed by atoms with Crippen LogP contribution in [0.5, 0.6) is 0 Å². The molecular formula is C15H33NO5. The molecule has 0 aliphatic rings. The fourth-order valence-corrected chi connectivity index (χ4v) is 1.87. The Labute approximate surface area is 129 Å². The Bertz CT molecular complexity index is 220. The molecule has 0 heterocycles. The first-order chi connectivity index (χ1) is 9.97.